The Morgan fingerprint density at radius 2 is 1.92 bits per heavy atom. The maximum absolute atomic E-state index is 13.0. The van der Waals surface area contributed by atoms with Crippen LogP contribution in [-0.2, 0) is 26.9 Å². The number of amides is 1. The molecule has 0 radical (unpaired) electrons. The number of ether oxygens (including phenoxy) is 2. The van der Waals surface area contributed by atoms with Crippen LogP contribution in [0, 0.1) is 0 Å². The number of hydrogen-bond acceptors (Lipinski definition) is 8. The molecule has 1 atom stereocenters. The van der Waals surface area contributed by atoms with Gasteiger partial charge in [0.05, 0.1) is 6.04 Å². The first-order valence-electron chi connectivity index (χ1n) is 12.1. The van der Waals surface area contributed by atoms with E-state index >= 15 is 0 Å². The Kier molecular flexibility index (Phi) is 8.96. The third kappa shape index (κ3) is 7.62. The Balaban J connectivity index is 1.82. The minimum atomic E-state index is -4.65. The average molecular weight is 558 g/mol. The molecule has 0 bridgehead atoms. The highest BCUT2D eigenvalue weighted by molar-refractivity contribution is 6.30. The van der Waals surface area contributed by atoms with Crippen molar-refractivity contribution in [2.24, 2.45) is 0 Å². The molecule has 1 aliphatic rings. The maximum Gasteiger partial charge on any atom is 0.420 e. The third-order valence-electron chi connectivity index (χ3n) is 5.71. The largest absolute Gasteiger partial charge is 0.464 e. The smallest absolute Gasteiger partial charge is 0.420 e. The highest BCUT2D eigenvalue weighted by Crippen LogP contribution is 2.34. The number of halogens is 4. The molecule has 9 nitrogen and oxygen atoms in total. The predicted molar refractivity (Wildman–Crippen MR) is 137 cm³/mol. The molecule has 1 aromatic carbocycles. The summed E-state index contributed by atoms with van der Waals surface area (Å²) in [6, 6.07) is 5.21. The fraction of sp³-hybridized carbons (Fsp3) is 0.520. The molecular weight excluding hydrogens is 527 g/mol. The van der Waals surface area contributed by atoms with Gasteiger partial charge in [0.25, 0.3) is 0 Å². The quantitative estimate of drug-likeness (QED) is 0.370. The van der Waals surface area contributed by atoms with Crippen LogP contribution in [0.5, 0.6) is 0 Å². The molecule has 13 heteroatoms. The summed E-state index contributed by atoms with van der Waals surface area (Å²) in [5.41, 5.74) is 0.540. The number of aryl methyl sites for hydroxylation is 1. The lowest BCUT2D eigenvalue weighted by Gasteiger charge is -2.42. The number of rotatable bonds is 6. The molecule has 1 N–H and O–H groups in total. The van der Waals surface area contributed by atoms with E-state index in [1.807, 2.05) is 19.1 Å². The lowest BCUT2D eigenvalue weighted by molar-refractivity contribution is -0.141. The van der Waals surface area contributed by atoms with Crippen molar-refractivity contribution in [2.75, 3.05) is 36.5 Å². The average Bonchev–Trinajstić information content (AvgIpc) is 2.81. The normalized spacial score (nSPS) is 16.3. The number of nitrogens with one attached hydrogen (secondary N) is 1. The lowest BCUT2D eigenvalue weighted by atomic mass is 10.1. The van der Waals surface area contributed by atoms with Crippen molar-refractivity contribution in [1.29, 1.82) is 0 Å². The number of carbonyl (C=O) groups excluding carboxylic acids is 2. The summed E-state index contributed by atoms with van der Waals surface area (Å²) in [6.07, 6.45) is -3.85. The first-order chi connectivity index (χ1) is 17.7. The molecular formula is C25H31ClF3N5O4. The summed E-state index contributed by atoms with van der Waals surface area (Å²) >= 11 is 5.73. The van der Waals surface area contributed by atoms with Crippen LogP contribution in [0.1, 0.15) is 45.7 Å². The van der Waals surface area contributed by atoms with E-state index in [4.69, 9.17) is 21.1 Å². The number of benzene rings is 1. The van der Waals surface area contributed by atoms with Gasteiger partial charge in [0.15, 0.2) is 0 Å². The number of nitrogens with zero attached hydrogens (tertiary/aromatic N) is 4. The summed E-state index contributed by atoms with van der Waals surface area (Å²) in [7, 11) is 0. The van der Waals surface area contributed by atoms with Crippen LogP contribution in [0.4, 0.5) is 35.3 Å². The van der Waals surface area contributed by atoms with Crippen molar-refractivity contribution in [1.82, 2.24) is 14.9 Å². The second-order valence-corrected chi connectivity index (χ2v) is 10.2. The van der Waals surface area contributed by atoms with Gasteiger partial charge in [0, 0.05) is 44.1 Å². The molecule has 1 amide bonds. The predicted octanol–water partition coefficient (Wildman–Crippen LogP) is 5.44. The summed E-state index contributed by atoms with van der Waals surface area (Å²) in [5.74, 6) is -0.493. The molecule has 1 aromatic heterocycles. The fourth-order valence-electron chi connectivity index (χ4n) is 3.95. The Bertz CT molecular complexity index is 1170. The first-order valence-corrected chi connectivity index (χ1v) is 12.4. The zero-order valence-corrected chi connectivity index (χ0v) is 22.6. The lowest BCUT2D eigenvalue weighted by Crippen LogP contribution is -2.57. The second-order valence-electron chi connectivity index (χ2n) is 9.79. The molecule has 1 fully saturated rings. The highest BCUT2D eigenvalue weighted by Gasteiger charge is 2.35. The van der Waals surface area contributed by atoms with E-state index in [0.717, 1.165) is 11.3 Å². The Morgan fingerprint density at radius 3 is 2.50 bits per heavy atom. The van der Waals surface area contributed by atoms with Crippen LogP contribution in [0.3, 0.4) is 0 Å². The van der Waals surface area contributed by atoms with Gasteiger partial charge in [0.1, 0.15) is 22.9 Å². The van der Waals surface area contributed by atoms with Crippen LogP contribution in [0.15, 0.2) is 24.4 Å². The summed E-state index contributed by atoms with van der Waals surface area (Å²) in [4.78, 5) is 35.3. The first kappa shape index (κ1) is 29.3. The number of anilines is 3. The molecule has 0 saturated carbocycles. The van der Waals surface area contributed by atoms with Crippen molar-refractivity contribution >= 4 is 41.0 Å². The molecule has 208 valence electrons. The van der Waals surface area contributed by atoms with Gasteiger partial charge in [-0.05, 0) is 51.0 Å². The van der Waals surface area contributed by atoms with Gasteiger partial charge in [-0.2, -0.15) is 13.2 Å². The molecule has 1 aliphatic heterocycles. The number of carbonyl (C=O) groups is 2. The number of aromatic nitrogens is 2. The van der Waals surface area contributed by atoms with Gasteiger partial charge in [0.2, 0.25) is 5.95 Å². The SMILES string of the molecule is CCc1cc(N2CCN(C(=O)OC(C)(C)C)C[C@@H]2COC(C)=O)ccc1Nc1ncc(C(F)(F)F)c(Cl)n1. The molecule has 3 rings (SSSR count). The molecule has 38 heavy (non-hydrogen) atoms. The van der Waals surface area contributed by atoms with Gasteiger partial charge in [-0.3, -0.25) is 4.79 Å². The van der Waals surface area contributed by atoms with Crippen LogP contribution in [-0.4, -0.2) is 64.8 Å². The number of hydrogen-bond donors (Lipinski definition) is 1. The van der Waals surface area contributed by atoms with Gasteiger partial charge in [-0.25, -0.2) is 14.8 Å². The van der Waals surface area contributed by atoms with E-state index in [1.165, 1.54) is 6.92 Å². The molecule has 0 aliphatic carbocycles. The molecule has 0 spiro atoms. The van der Waals surface area contributed by atoms with Crippen LogP contribution < -0.4 is 10.2 Å². The van der Waals surface area contributed by atoms with Gasteiger partial charge in [-0.15, -0.1) is 0 Å². The zero-order valence-electron chi connectivity index (χ0n) is 21.9. The van der Waals surface area contributed by atoms with Gasteiger partial charge in [-0.1, -0.05) is 18.5 Å². The molecule has 0 unspecified atom stereocenters. The Labute approximate surface area is 224 Å². The monoisotopic (exact) mass is 557 g/mol. The number of piperazine rings is 1. The Hall–Kier alpha value is -3.28. The van der Waals surface area contributed by atoms with Crippen molar-refractivity contribution in [3.05, 3.63) is 40.7 Å². The summed E-state index contributed by atoms with van der Waals surface area (Å²) in [5, 5.41) is 2.24. The summed E-state index contributed by atoms with van der Waals surface area (Å²) < 4.78 is 49.7. The maximum atomic E-state index is 13.0. The third-order valence-corrected chi connectivity index (χ3v) is 6.00. The van der Waals surface area contributed by atoms with E-state index in [2.05, 4.69) is 20.2 Å². The minimum absolute atomic E-state index is 0.0656. The molecule has 1 saturated heterocycles. The zero-order chi connectivity index (χ0) is 28.3. The fourth-order valence-corrected chi connectivity index (χ4v) is 4.18. The number of esters is 1. The van der Waals surface area contributed by atoms with Crippen LogP contribution in [0.25, 0.3) is 0 Å². The van der Waals surface area contributed by atoms with E-state index in [0.29, 0.717) is 37.9 Å². The van der Waals surface area contributed by atoms with Gasteiger partial charge < -0.3 is 24.6 Å². The van der Waals surface area contributed by atoms with E-state index in [9.17, 15) is 22.8 Å². The van der Waals surface area contributed by atoms with Crippen LogP contribution >= 0.6 is 11.6 Å². The van der Waals surface area contributed by atoms with Crippen molar-refractivity contribution < 1.29 is 32.2 Å². The van der Waals surface area contributed by atoms with Gasteiger partial charge >= 0.3 is 18.2 Å². The Morgan fingerprint density at radius 1 is 1.21 bits per heavy atom. The molecule has 2 heterocycles. The summed E-state index contributed by atoms with van der Waals surface area (Å²) in [6.45, 7) is 9.89. The number of alkyl halides is 3. The van der Waals surface area contributed by atoms with Crippen LogP contribution in [0.2, 0.25) is 5.15 Å². The standard InChI is InChI=1S/C25H31ClF3N5O4/c1-6-16-11-17(7-8-20(16)31-22-30-12-19(21(26)32-22)25(27,28)29)34-10-9-33(23(36)38-24(3,4)5)13-18(34)14-37-15(2)35/h7-8,11-12,18H,6,9-10,13-14H2,1-5H3,(H,30,31,32)/t18-/m1/s1. The minimum Gasteiger partial charge on any atom is -0.464 e. The topological polar surface area (TPSA) is 96.9 Å². The van der Waals surface area contributed by atoms with Crippen molar-refractivity contribution in [3.8, 4) is 0 Å². The second kappa shape index (κ2) is 11.6. The molecule has 2 aromatic rings. The van der Waals surface area contributed by atoms with Crippen molar-refractivity contribution in [2.45, 2.75) is 58.9 Å². The van der Waals surface area contributed by atoms with E-state index < -0.39 is 34.6 Å². The highest BCUT2D eigenvalue weighted by atomic mass is 35.5. The van der Waals surface area contributed by atoms with E-state index in [1.54, 1.807) is 31.7 Å². The van der Waals surface area contributed by atoms with Crippen molar-refractivity contribution in [3.63, 3.8) is 0 Å². The van der Waals surface area contributed by atoms with E-state index in [-0.39, 0.29) is 18.6 Å².